The number of nitrogens with two attached hydrogens (primary N) is 1. The average Bonchev–Trinajstić information content (AvgIpc) is 3.51. The average molecular weight is 416 g/mol. The van der Waals surface area contributed by atoms with E-state index in [9.17, 15) is 14.9 Å². The number of furan rings is 1. The van der Waals surface area contributed by atoms with Gasteiger partial charge < -0.3 is 14.7 Å². The molecule has 0 unspecified atom stereocenters. The molecule has 31 heavy (non-hydrogen) atoms. The fraction of sp³-hybridized carbons (Fsp3) is 0.217. The Morgan fingerprint density at radius 1 is 1.10 bits per heavy atom. The van der Waals surface area contributed by atoms with Crippen LogP contribution in [-0.2, 0) is 0 Å². The molecule has 0 bridgehead atoms. The molecule has 8 nitrogen and oxygen atoms in total. The number of carbonyl (C=O) groups is 1. The number of primary amides is 1. The first-order valence-corrected chi connectivity index (χ1v) is 10.2. The summed E-state index contributed by atoms with van der Waals surface area (Å²) >= 11 is 0. The number of nitro groups is 1. The summed E-state index contributed by atoms with van der Waals surface area (Å²) in [5.74, 6) is 1.29. The number of rotatable bonds is 5. The van der Waals surface area contributed by atoms with Crippen molar-refractivity contribution >= 4 is 22.6 Å². The van der Waals surface area contributed by atoms with E-state index in [-0.39, 0.29) is 5.69 Å². The van der Waals surface area contributed by atoms with Gasteiger partial charge in [0.2, 0.25) is 5.91 Å². The van der Waals surface area contributed by atoms with E-state index in [1.165, 1.54) is 12.1 Å². The highest BCUT2D eigenvalue weighted by molar-refractivity contribution is 5.96. The third kappa shape index (κ3) is 3.35. The number of imidazole rings is 1. The van der Waals surface area contributed by atoms with Crippen molar-refractivity contribution in [3.05, 3.63) is 70.3 Å². The first-order valence-electron chi connectivity index (χ1n) is 10.2. The fourth-order valence-corrected chi connectivity index (χ4v) is 4.34. The minimum atomic E-state index is -0.496. The van der Waals surface area contributed by atoms with Crippen LogP contribution in [0.1, 0.15) is 42.1 Å². The van der Waals surface area contributed by atoms with Crippen molar-refractivity contribution in [3.63, 3.8) is 0 Å². The second-order valence-corrected chi connectivity index (χ2v) is 7.78. The van der Waals surface area contributed by atoms with Gasteiger partial charge in [0.1, 0.15) is 5.76 Å². The molecule has 0 atom stereocenters. The SMILES string of the molecule is NC(=O)c1ccc2c(c1)nc(-c1ccc(-c3cccc([N+](=O)[O-])c3)o1)n2C1CCCC1. The summed E-state index contributed by atoms with van der Waals surface area (Å²) < 4.78 is 8.28. The van der Waals surface area contributed by atoms with Crippen molar-refractivity contribution in [2.24, 2.45) is 5.73 Å². The van der Waals surface area contributed by atoms with Crippen molar-refractivity contribution in [1.29, 1.82) is 0 Å². The van der Waals surface area contributed by atoms with Crippen LogP contribution in [0, 0.1) is 10.1 Å². The summed E-state index contributed by atoms with van der Waals surface area (Å²) in [4.78, 5) is 27.1. The van der Waals surface area contributed by atoms with Gasteiger partial charge in [0.05, 0.1) is 16.0 Å². The first kappa shape index (κ1) is 19.0. The Bertz CT molecular complexity index is 1310. The van der Waals surface area contributed by atoms with Gasteiger partial charge in [0.25, 0.3) is 5.69 Å². The minimum Gasteiger partial charge on any atom is -0.453 e. The number of amides is 1. The Balaban J connectivity index is 1.63. The van der Waals surface area contributed by atoms with Gasteiger partial charge in [0, 0.05) is 29.3 Å². The number of hydrogen-bond donors (Lipinski definition) is 1. The Kier molecular flexibility index (Phi) is 4.54. The van der Waals surface area contributed by atoms with Gasteiger partial charge in [-0.05, 0) is 43.2 Å². The van der Waals surface area contributed by atoms with Gasteiger partial charge in [-0.25, -0.2) is 4.98 Å². The van der Waals surface area contributed by atoms with Crippen LogP contribution in [0.5, 0.6) is 0 Å². The lowest BCUT2D eigenvalue weighted by atomic mass is 10.1. The summed E-state index contributed by atoms with van der Waals surface area (Å²) in [6.07, 6.45) is 4.41. The topological polar surface area (TPSA) is 117 Å². The molecular weight excluding hydrogens is 396 g/mol. The monoisotopic (exact) mass is 416 g/mol. The molecule has 156 valence electrons. The standard InChI is InChI=1S/C23H20N4O4/c24-22(28)15-8-9-19-18(13-15)25-23(26(19)16-5-1-2-6-16)21-11-10-20(31-21)14-4-3-7-17(12-14)27(29)30/h3-4,7-13,16H,1-2,5-6H2,(H2,24,28). The molecule has 0 saturated heterocycles. The number of fused-ring (bicyclic) bond motifs is 1. The summed E-state index contributed by atoms with van der Waals surface area (Å²) in [6, 6.07) is 15.6. The van der Waals surface area contributed by atoms with E-state index in [0.29, 0.717) is 40.0 Å². The van der Waals surface area contributed by atoms with Crippen LogP contribution in [0.3, 0.4) is 0 Å². The number of aromatic nitrogens is 2. The van der Waals surface area contributed by atoms with Crippen molar-refractivity contribution in [2.45, 2.75) is 31.7 Å². The quantitative estimate of drug-likeness (QED) is 0.359. The molecule has 0 spiro atoms. The first-order chi connectivity index (χ1) is 15.0. The lowest BCUT2D eigenvalue weighted by Gasteiger charge is -2.15. The zero-order valence-corrected chi connectivity index (χ0v) is 16.7. The van der Waals surface area contributed by atoms with Crippen LogP contribution in [-0.4, -0.2) is 20.4 Å². The molecule has 4 aromatic rings. The van der Waals surface area contributed by atoms with E-state index in [1.807, 2.05) is 12.1 Å². The molecule has 2 N–H and O–H groups in total. The van der Waals surface area contributed by atoms with Crippen LogP contribution in [0.15, 0.2) is 59.0 Å². The normalized spacial score (nSPS) is 14.3. The number of nitrogens with zero attached hydrogens (tertiary/aromatic N) is 3. The smallest absolute Gasteiger partial charge is 0.270 e. The molecule has 8 heteroatoms. The molecule has 1 fully saturated rings. The molecule has 2 heterocycles. The molecule has 0 aliphatic heterocycles. The van der Waals surface area contributed by atoms with E-state index in [2.05, 4.69) is 4.57 Å². The van der Waals surface area contributed by atoms with Crippen LogP contribution >= 0.6 is 0 Å². The van der Waals surface area contributed by atoms with Gasteiger partial charge in [-0.1, -0.05) is 25.0 Å². The van der Waals surface area contributed by atoms with Gasteiger partial charge in [-0.15, -0.1) is 0 Å². The zero-order valence-electron chi connectivity index (χ0n) is 16.7. The van der Waals surface area contributed by atoms with Crippen molar-refractivity contribution in [1.82, 2.24) is 9.55 Å². The second kappa shape index (κ2) is 7.39. The number of non-ortho nitro benzene ring substituents is 1. The van der Waals surface area contributed by atoms with Gasteiger partial charge in [-0.3, -0.25) is 14.9 Å². The summed E-state index contributed by atoms with van der Waals surface area (Å²) in [5, 5.41) is 11.1. The molecule has 1 aliphatic rings. The molecule has 0 radical (unpaired) electrons. The predicted molar refractivity (Wildman–Crippen MR) is 116 cm³/mol. The van der Waals surface area contributed by atoms with Gasteiger partial charge in [0.15, 0.2) is 11.6 Å². The number of hydrogen-bond acceptors (Lipinski definition) is 5. The van der Waals surface area contributed by atoms with E-state index in [0.717, 1.165) is 31.2 Å². The van der Waals surface area contributed by atoms with E-state index in [4.69, 9.17) is 15.1 Å². The van der Waals surface area contributed by atoms with Crippen LogP contribution in [0.2, 0.25) is 0 Å². The van der Waals surface area contributed by atoms with Crippen molar-refractivity contribution < 1.29 is 14.1 Å². The maximum Gasteiger partial charge on any atom is 0.270 e. The lowest BCUT2D eigenvalue weighted by Crippen LogP contribution is -2.10. The van der Waals surface area contributed by atoms with Gasteiger partial charge >= 0.3 is 0 Å². The molecular formula is C23H20N4O4. The minimum absolute atomic E-state index is 0.00706. The summed E-state index contributed by atoms with van der Waals surface area (Å²) in [5.41, 5.74) is 8.10. The van der Waals surface area contributed by atoms with E-state index >= 15 is 0 Å². The Morgan fingerprint density at radius 3 is 2.61 bits per heavy atom. The van der Waals surface area contributed by atoms with Crippen molar-refractivity contribution in [3.8, 4) is 22.9 Å². The highest BCUT2D eigenvalue weighted by Gasteiger charge is 2.25. The largest absolute Gasteiger partial charge is 0.453 e. The number of benzene rings is 2. The van der Waals surface area contributed by atoms with Crippen molar-refractivity contribution in [2.75, 3.05) is 0 Å². The predicted octanol–water partition coefficient (Wildman–Crippen LogP) is 5.09. The van der Waals surface area contributed by atoms with Crippen LogP contribution < -0.4 is 5.73 Å². The zero-order chi connectivity index (χ0) is 21.5. The fourth-order valence-electron chi connectivity index (χ4n) is 4.34. The number of nitro benzene ring substituents is 1. The van der Waals surface area contributed by atoms with E-state index < -0.39 is 10.8 Å². The molecule has 2 aromatic carbocycles. The highest BCUT2D eigenvalue weighted by atomic mass is 16.6. The summed E-state index contributed by atoms with van der Waals surface area (Å²) in [7, 11) is 0. The highest BCUT2D eigenvalue weighted by Crippen LogP contribution is 2.38. The Labute approximate surface area is 177 Å². The summed E-state index contributed by atoms with van der Waals surface area (Å²) in [6.45, 7) is 0. The maximum absolute atomic E-state index is 11.6. The molecule has 2 aromatic heterocycles. The maximum atomic E-state index is 11.6. The second-order valence-electron chi connectivity index (χ2n) is 7.78. The Hall–Kier alpha value is -3.94. The molecule has 1 amide bonds. The van der Waals surface area contributed by atoms with Crippen LogP contribution in [0.25, 0.3) is 33.9 Å². The molecule has 1 aliphatic carbocycles. The third-order valence-electron chi connectivity index (χ3n) is 5.83. The molecule has 5 rings (SSSR count). The third-order valence-corrected chi connectivity index (χ3v) is 5.83. The number of carbonyl (C=O) groups excluding carboxylic acids is 1. The van der Waals surface area contributed by atoms with E-state index in [1.54, 1.807) is 30.3 Å². The Morgan fingerprint density at radius 2 is 1.87 bits per heavy atom. The molecule has 1 saturated carbocycles. The van der Waals surface area contributed by atoms with Gasteiger partial charge in [-0.2, -0.15) is 0 Å². The lowest BCUT2D eigenvalue weighted by molar-refractivity contribution is -0.384. The van der Waals surface area contributed by atoms with Crippen LogP contribution in [0.4, 0.5) is 5.69 Å².